The summed E-state index contributed by atoms with van der Waals surface area (Å²) in [6, 6.07) is 7.34. The van der Waals surface area contributed by atoms with E-state index in [-0.39, 0.29) is 19.0 Å². The minimum absolute atomic E-state index is 0.0723. The van der Waals surface area contributed by atoms with Crippen LogP contribution in [0.5, 0.6) is 0 Å². The van der Waals surface area contributed by atoms with Gasteiger partial charge in [-0.1, -0.05) is 12.1 Å². The molecule has 2 amide bonds. The number of anilines is 1. The third kappa shape index (κ3) is 4.08. The van der Waals surface area contributed by atoms with E-state index in [1.54, 1.807) is 4.90 Å². The van der Waals surface area contributed by atoms with Crippen LogP contribution in [-0.2, 0) is 4.79 Å². The van der Waals surface area contributed by atoms with Crippen molar-refractivity contribution in [3.63, 3.8) is 0 Å². The molecular formula is C13H18N2O3. The van der Waals surface area contributed by atoms with Gasteiger partial charge in [-0.25, -0.2) is 4.79 Å². The van der Waals surface area contributed by atoms with Crippen LogP contribution in [0.25, 0.3) is 0 Å². The number of benzene rings is 1. The Kier molecular flexibility index (Phi) is 5.17. The molecule has 5 heteroatoms. The monoisotopic (exact) mass is 250 g/mol. The molecule has 0 aromatic heterocycles. The van der Waals surface area contributed by atoms with Gasteiger partial charge < -0.3 is 10.4 Å². The Hall–Kier alpha value is -2.04. The van der Waals surface area contributed by atoms with Crippen molar-refractivity contribution in [2.24, 2.45) is 0 Å². The molecule has 0 aliphatic carbocycles. The molecule has 0 spiro atoms. The zero-order valence-electron chi connectivity index (χ0n) is 10.6. The highest BCUT2D eigenvalue weighted by molar-refractivity contribution is 5.92. The number of carboxylic acid groups (broad SMARTS) is 1. The Balaban J connectivity index is 2.65. The number of carboxylic acids is 1. The van der Waals surface area contributed by atoms with E-state index in [9.17, 15) is 9.59 Å². The van der Waals surface area contributed by atoms with Gasteiger partial charge in [0.05, 0.1) is 6.42 Å². The number of amides is 2. The number of hydrogen-bond donors (Lipinski definition) is 2. The first kappa shape index (κ1) is 14.0. The average molecular weight is 250 g/mol. The highest BCUT2D eigenvalue weighted by atomic mass is 16.4. The van der Waals surface area contributed by atoms with Gasteiger partial charge in [-0.15, -0.1) is 0 Å². The summed E-state index contributed by atoms with van der Waals surface area (Å²) >= 11 is 0. The number of carbonyl (C=O) groups excluding carboxylic acids is 1. The summed E-state index contributed by atoms with van der Waals surface area (Å²) in [4.78, 5) is 23.8. The topological polar surface area (TPSA) is 69.6 Å². The summed E-state index contributed by atoms with van der Waals surface area (Å²) in [5, 5.41) is 11.1. The quantitative estimate of drug-likeness (QED) is 0.839. The van der Waals surface area contributed by atoms with E-state index < -0.39 is 5.97 Å². The first-order valence-corrected chi connectivity index (χ1v) is 5.88. The Morgan fingerprint density at radius 1 is 1.39 bits per heavy atom. The number of nitrogens with one attached hydrogen (secondary N) is 1. The largest absolute Gasteiger partial charge is 0.481 e. The zero-order valence-corrected chi connectivity index (χ0v) is 10.6. The minimum Gasteiger partial charge on any atom is -0.481 e. The zero-order chi connectivity index (χ0) is 13.5. The summed E-state index contributed by atoms with van der Waals surface area (Å²) in [7, 11) is 0. The standard InChI is InChI=1S/C13H18N2O3/c1-3-15(11-6-4-5-10(2)9-11)13(18)14-8-7-12(16)17/h4-6,9H,3,7-8H2,1-2H3,(H,14,18)(H,16,17). The van der Waals surface area contributed by atoms with E-state index >= 15 is 0 Å². The molecule has 0 saturated heterocycles. The average Bonchev–Trinajstić information content (AvgIpc) is 2.29. The third-order valence-corrected chi connectivity index (χ3v) is 2.49. The molecule has 98 valence electrons. The molecule has 18 heavy (non-hydrogen) atoms. The second-order valence-corrected chi connectivity index (χ2v) is 3.96. The third-order valence-electron chi connectivity index (χ3n) is 2.49. The molecule has 0 aliphatic heterocycles. The molecule has 0 heterocycles. The van der Waals surface area contributed by atoms with Crippen LogP contribution in [0.1, 0.15) is 18.9 Å². The van der Waals surface area contributed by atoms with E-state index in [0.29, 0.717) is 6.54 Å². The lowest BCUT2D eigenvalue weighted by atomic mass is 10.2. The lowest BCUT2D eigenvalue weighted by Crippen LogP contribution is -2.40. The Bertz CT molecular complexity index is 432. The summed E-state index contributed by atoms with van der Waals surface area (Å²) in [6.07, 6.45) is -0.0723. The molecule has 1 rings (SSSR count). The summed E-state index contributed by atoms with van der Waals surface area (Å²) in [5.74, 6) is -0.922. The highest BCUT2D eigenvalue weighted by Gasteiger charge is 2.13. The highest BCUT2D eigenvalue weighted by Crippen LogP contribution is 2.15. The SMILES string of the molecule is CCN(C(=O)NCCC(=O)O)c1cccc(C)c1. The molecular weight excluding hydrogens is 232 g/mol. The Morgan fingerprint density at radius 3 is 2.67 bits per heavy atom. The minimum atomic E-state index is -0.922. The van der Waals surface area contributed by atoms with Crippen molar-refractivity contribution in [2.75, 3.05) is 18.0 Å². The van der Waals surface area contributed by atoms with Crippen LogP contribution in [0.4, 0.5) is 10.5 Å². The van der Waals surface area contributed by atoms with E-state index in [4.69, 9.17) is 5.11 Å². The maximum atomic E-state index is 11.9. The number of carbonyl (C=O) groups is 2. The predicted octanol–water partition coefficient (Wildman–Crippen LogP) is 2.01. The van der Waals surface area contributed by atoms with Gasteiger partial charge in [0.25, 0.3) is 0 Å². The van der Waals surface area contributed by atoms with E-state index in [1.165, 1.54) is 0 Å². The van der Waals surface area contributed by atoms with Crippen molar-refractivity contribution in [3.05, 3.63) is 29.8 Å². The van der Waals surface area contributed by atoms with Gasteiger partial charge in [0.15, 0.2) is 0 Å². The fraction of sp³-hybridized carbons (Fsp3) is 0.385. The molecule has 0 bridgehead atoms. The predicted molar refractivity (Wildman–Crippen MR) is 69.9 cm³/mol. The van der Waals surface area contributed by atoms with Gasteiger partial charge in [0.1, 0.15) is 0 Å². The van der Waals surface area contributed by atoms with Crippen LogP contribution in [0, 0.1) is 6.92 Å². The van der Waals surface area contributed by atoms with Gasteiger partial charge in [0.2, 0.25) is 0 Å². The van der Waals surface area contributed by atoms with Crippen molar-refractivity contribution in [3.8, 4) is 0 Å². The van der Waals surface area contributed by atoms with Crippen LogP contribution in [-0.4, -0.2) is 30.2 Å². The van der Waals surface area contributed by atoms with Crippen LogP contribution in [0.15, 0.2) is 24.3 Å². The van der Waals surface area contributed by atoms with Crippen LogP contribution < -0.4 is 10.2 Å². The molecule has 2 N–H and O–H groups in total. The molecule has 5 nitrogen and oxygen atoms in total. The van der Waals surface area contributed by atoms with Crippen molar-refractivity contribution in [2.45, 2.75) is 20.3 Å². The Morgan fingerprint density at radius 2 is 2.11 bits per heavy atom. The lowest BCUT2D eigenvalue weighted by Gasteiger charge is -2.21. The van der Waals surface area contributed by atoms with Gasteiger partial charge in [-0.3, -0.25) is 9.69 Å². The van der Waals surface area contributed by atoms with Crippen LogP contribution in [0.2, 0.25) is 0 Å². The molecule has 0 aliphatic rings. The number of rotatable bonds is 5. The fourth-order valence-corrected chi connectivity index (χ4v) is 1.61. The maximum Gasteiger partial charge on any atom is 0.321 e. The molecule has 1 aromatic carbocycles. The van der Waals surface area contributed by atoms with Crippen molar-refractivity contribution < 1.29 is 14.7 Å². The van der Waals surface area contributed by atoms with Crippen LogP contribution in [0.3, 0.4) is 0 Å². The molecule has 0 unspecified atom stereocenters. The van der Waals surface area contributed by atoms with E-state index in [2.05, 4.69) is 5.32 Å². The van der Waals surface area contributed by atoms with E-state index in [0.717, 1.165) is 11.3 Å². The normalized spacial score (nSPS) is 9.89. The molecule has 0 atom stereocenters. The fourth-order valence-electron chi connectivity index (χ4n) is 1.61. The number of nitrogens with zero attached hydrogens (tertiary/aromatic N) is 1. The Labute approximate surface area is 106 Å². The second-order valence-electron chi connectivity index (χ2n) is 3.96. The summed E-state index contributed by atoms with van der Waals surface area (Å²) in [6.45, 7) is 4.50. The lowest BCUT2D eigenvalue weighted by molar-refractivity contribution is -0.136. The van der Waals surface area contributed by atoms with Gasteiger partial charge >= 0.3 is 12.0 Å². The molecule has 1 aromatic rings. The number of hydrogen-bond acceptors (Lipinski definition) is 2. The first-order valence-electron chi connectivity index (χ1n) is 5.88. The smallest absolute Gasteiger partial charge is 0.321 e. The number of aryl methyl sites for hydroxylation is 1. The molecule has 0 saturated carbocycles. The van der Waals surface area contributed by atoms with Gasteiger partial charge in [-0.05, 0) is 31.5 Å². The van der Waals surface area contributed by atoms with Crippen molar-refractivity contribution in [1.82, 2.24) is 5.32 Å². The number of urea groups is 1. The molecule has 0 fully saturated rings. The first-order chi connectivity index (χ1) is 8.54. The van der Waals surface area contributed by atoms with Crippen LogP contribution >= 0.6 is 0 Å². The van der Waals surface area contributed by atoms with E-state index in [1.807, 2.05) is 38.1 Å². The number of aliphatic carboxylic acids is 1. The second kappa shape index (κ2) is 6.64. The van der Waals surface area contributed by atoms with Gasteiger partial charge in [-0.2, -0.15) is 0 Å². The van der Waals surface area contributed by atoms with Crippen molar-refractivity contribution in [1.29, 1.82) is 0 Å². The molecule has 0 radical (unpaired) electrons. The summed E-state index contributed by atoms with van der Waals surface area (Å²) < 4.78 is 0. The van der Waals surface area contributed by atoms with Gasteiger partial charge in [0, 0.05) is 18.8 Å². The summed E-state index contributed by atoms with van der Waals surface area (Å²) in [5.41, 5.74) is 1.88. The maximum absolute atomic E-state index is 11.9. The van der Waals surface area contributed by atoms with Crippen molar-refractivity contribution >= 4 is 17.7 Å².